The quantitative estimate of drug-likeness (QED) is 0.824. The molecule has 0 aliphatic heterocycles. The molecule has 17 heavy (non-hydrogen) atoms. The predicted octanol–water partition coefficient (Wildman–Crippen LogP) is 1.22. The lowest BCUT2D eigenvalue weighted by Crippen LogP contribution is -2.12. The summed E-state index contributed by atoms with van der Waals surface area (Å²) in [4.78, 5) is 17.4. The summed E-state index contributed by atoms with van der Waals surface area (Å²) in [5.74, 6) is -1.02. The second-order valence-corrected chi connectivity index (χ2v) is 3.57. The Morgan fingerprint density at radius 1 is 1.18 bits per heavy atom. The fourth-order valence-corrected chi connectivity index (χ4v) is 1.52. The van der Waals surface area contributed by atoms with E-state index in [1.54, 1.807) is 0 Å². The number of rotatable bonds is 2. The second kappa shape index (κ2) is 4.32. The van der Waals surface area contributed by atoms with Crippen molar-refractivity contribution in [1.29, 1.82) is 0 Å². The van der Waals surface area contributed by atoms with Gasteiger partial charge in [0.2, 0.25) is 0 Å². The normalized spacial score (nSPS) is 10.5. The molecular weight excluding hydrogens is 228 g/mol. The van der Waals surface area contributed by atoms with Gasteiger partial charge in [-0.25, -0.2) is 13.8 Å². The van der Waals surface area contributed by atoms with Crippen molar-refractivity contribution in [3.63, 3.8) is 0 Å². The first-order valence-electron chi connectivity index (χ1n) is 4.83. The number of nitrogens with zero attached hydrogens (tertiary/aromatic N) is 1. The molecule has 3 N–H and O–H groups in total. The Labute approximate surface area is 95.1 Å². The van der Waals surface area contributed by atoms with Gasteiger partial charge in [-0.1, -0.05) is 0 Å². The smallest absolute Gasteiger partial charge is 0.252 e. The van der Waals surface area contributed by atoms with Gasteiger partial charge in [0.25, 0.3) is 5.56 Å². The molecular formula is C11H9F2N3O. The van der Waals surface area contributed by atoms with Gasteiger partial charge in [0.15, 0.2) is 0 Å². The third-order valence-electron chi connectivity index (χ3n) is 2.10. The summed E-state index contributed by atoms with van der Waals surface area (Å²) in [6, 6.07) is 4.26. The maximum absolute atomic E-state index is 12.9. The summed E-state index contributed by atoms with van der Waals surface area (Å²) in [5.41, 5.74) is 5.37. The third kappa shape index (κ3) is 2.87. The maximum Gasteiger partial charge on any atom is 0.252 e. The van der Waals surface area contributed by atoms with Crippen molar-refractivity contribution < 1.29 is 8.78 Å². The lowest BCUT2D eigenvalue weighted by Gasteiger charge is -2.02. The number of nitrogen functional groups attached to an aromatic ring is 1. The lowest BCUT2D eigenvalue weighted by molar-refractivity contribution is 0.580. The van der Waals surface area contributed by atoms with Crippen LogP contribution < -0.4 is 11.3 Å². The topological polar surface area (TPSA) is 71.8 Å². The van der Waals surface area contributed by atoms with E-state index >= 15 is 0 Å². The standard InChI is InChI=1S/C11H9F2N3O/c12-7-1-6(2-8(13)4-7)3-10-15-9(14)5-11(17)16-10/h1-2,4-5H,3H2,(H3,14,15,16,17). The molecule has 4 nitrogen and oxygen atoms in total. The van der Waals surface area contributed by atoms with E-state index in [1.165, 1.54) is 12.1 Å². The molecule has 0 spiro atoms. The van der Waals surface area contributed by atoms with Crippen LogP contribution in [0.25, 0.3) is 0 Å². The zero-order valence-electron chi connectivity index (χ0n) is 8.71. The number of anilines is 1. The Morgan fingerprint density at radius 3 is 2.41 bits per heavy atom. The van der Waals surface area contributed by atoms with Crippen LogP contribution in [0, 0.1) is 11.6 Å². The van der Waals surface area contributed by atoms with Crippen LogP contribution in [0.5, 0.6) is 0 Å². The fraction of sp³-hybridized carbons (Fsp3) is 0.0909. The number of hydrogen-bond donors (Lipinski definition) is 2. The van der Waals surface area contributed by atoms with E-state index in [1.807, 2.05) is 0 Å². The van der Waals surface area contributed by atoms with E-state index in [0.29, 0.717) is 5.56 Å². The highest BCUT2D eigenvalue weighted by Gasteiger charge is 2.04. The van der Waals surface area contributed by atoms with Gasteiger partial charge < -0.3 is 10.7 Å². The Bertz CT molecular complexity index is 590. The molecule has 0 fully saturated rings. The van der Waals surface area contributed by atoms with Gasteiger partial charge in [-0.3, -0.25) is 4.79 Å². The molecule has 0 aliphatic rings. The predicted molar refractivity (Wildman–Crippen MR) is 58.4 cm³/mol. The number of hydrogen-bond acceptors (Lipinski definition) is 3. The van der Waals surface area contributed by atoms with Crippen LogP contribution in [0.2, 0.25) is 0 Å². The molecule has 0 unspecified atom stereocenters. The molecule has 2 aromatic rings. The van der Waals surface area contributed by atoms with Crippen LogP contribution in [0.1, 0.15) is 11.4 Å². The van der Waals surface area contributed by atoms with Crippen molar-refractivity contribution in [1.82, 2.24) is 9.97 Å². The van der Waals surface area contributed by atoms with Crippen LogP contribution in [0.4, 0.5) is 14.6 Å². The van der Waals surface area contributed by atoms with E-state index in [-0.39, 0.29) is 18.1 Å². The monoisotopic (exact) mass is 237 g/mol. The SMILES string of the molecule is Nc1cc(=O)[nH]c(Cc2cc(F)cc(F)c2)n1. The van der Waals surface area contributed by atoms with Crippen LogP contribution in [0.15, 0.2) is 29.1 Å². The van der Waals surface area contributed by atoms with Gasteiger partial charge in [0.1, 0.15) is 23.3 Å². The van der Waals surface area contributed by atoms with Crippen LogP contribution >= 0.6 is 0 Å². The molecule has 2 rings (SSSR count). The van der Waals surface area contributed by atoms with Crippen molar-refractivity contribution in [2.24, 2.45) is 0 Å². The molecule has 1 heterocycles. The minimum absolute atomic E-state index is 0.0700. The third-order valence-corrected chi connectivity index (χ3v) is 2.10. The van der Waals surface area contributed by atoms with E-state index in [9.17, 15) is 13.6 Å². The molecule has 0 amide bonds. The fourth-order valence-electron chi connectivity index (χ4n) is 1.52. The largest absolute Gasteiger partial charge is 0.383 e. The van der Waals surface area contributed by atoms with Crippen molar-refractivity contribution >= 4 is 5.82 Å². The van der Waals surface area contributed by atoms with E-state index in [0.717, 1.165) is 12.1 Å². The van der Waals surface area contributed by atoms with E-state index in [4.69, 9.17) is 5.73 Å². The first-order chi connectivity index (χ1) is 8.02. The number of H-pyrrole nitrogens is 1. The van der Waals surface area contributed by atoms with Crippen LogP contribution in [0.3, 0.4) is 0 Å². The molecule has 0 atom stereocenters. The molecule has 1 aromatic heterocycles. The Morgan fingerprint density at radius 2 is 1.82 bits per heavy atom. The number of nitrogens with two attached hydrogens (primary N) is 1. The molecule has 0 saturated carbocycles. The summed E-state index contributed by atoms with van der Waals surface area (Å²) in [7, 11) is 0. The number of nitrogens with one attached hydrogen (secondary N) is 1. The minimum Gasteiger partial charge on any atom is -0.383 e. The van der Waals surface area contributed by atoms with E-state index < -0.39 is 17.2 Å². The minimum atomic E-state index is -0.675. The zero-order chi connectivity index (χ0) is 12.4. The number of aromatic amines is 1. The Hall–Kier alpha value is -2.24. The summed E-state index contributed by atoms with van der Waals surface area (Å²) < 4.78 is 25.9. The van der Waals surface area contributed by atoms with Crippen LogP contribution in [-0.2, 0) is 6.42 Å². The summed E-state index contributed by atoms with van der Waals surface area (Å²) in [5, 5.41) is 0. The van der Waals surface area contributed by atoms with Gasteiger partial charge in [-0.15, -0.1) is 0 Å². The molecule has 6 heteroatoms. The van der Waals surface area contributed by atoms with Gasteiger partial charge in [0, 0.05) is 18.6 Å². The number of halogens is 2. The summed E-state index contributed by atoms with van der Waals surface area (Å²) in [6.07, 6.45) is 0.106. The molecule has 0 radical (unpaired) electrons. The van der Waals surface area contributed by atoms with Crippen LogP contribution in [-0.4, -0.2) is 9.97 Å². The number of aromatic nitrogens is 2. The van der Waals surface area contributed by atoms with Crippen molar-refractivity contribution in [2.75, 3.05) is 5.73 Å². The summed E-state index contributed by atoms with van der Waals surface area (Å²) in [6.45, 7) is 0. The Balaban J connectivity index is 2.34. The Kier molecular flexibility index (Phi) is 2.86. The van der Waals surface area contributed by atoms with Gasteiger partial charge in [-0.2, -0.15) is 0 Å². The first-order valence-corrected chi connectivity index (χ1v) is 4.83. The average Bonchev–Trinajstić information content (AvgIpc) is 2.13. The van der Waals surface area contributed by atoms with Crippen molar-refractivity contribution in [3.05, 3.63) is 57.6 Å². The van der Waals surface area contributed by atoms with Crippen molar-refractivity contribution in [2.45, 2.75) is 6.42 Å². The second-order valence-electron chi connectivity index (χ2n) is 3.57. The zero-order valence-corrected chi connectivity index (χ0v) is 8.71. The average molecular weight is 237 g/mol. The molecule has 0 saturated heterocycles. The van der Waals surface area contributed by atoms with Gasteiger partial charge in [0.05, 0.1) is 0 Å². The first kappa shape index (κ1) is 11.3. The maximum atomic E-state index is 12.9. The van der Waals surface area contributed by atoms with Gasteiger partial charge in [-0.05, 0) is 17.7 Å². The molecule has 0 aliphatic carbocycles. The lowest BCUT2D eigenvalue weighted by atomic mass is 10.1. The molecule has 1 aromatic carbocycles. The highest BCUT2D eigenvalue weighted by Crippen LogP contribution is 2.10. The van der Waals surface area contributed by atoms with Gasteiger partial charge >= 0.3 is 0 Å². The highest BCUT2D eigenvalue weighted by molar-refractivity contribution is 5.27. The molecule has 88 valence electrons. The van der Waals surface area contributed by atoms with E-state index in [2.05, 4.69) is 9.97 Å². The summed E-state index contributed by atoms with van der Waals surface area (Å²) >= 11 is 0. The van der Waals surface area contributed by atoms with Crippen molar-refractivity contribution in [3.8, 4) is 0 Å². The molecule has 0 bridgehead atoms. The number of benzene rings is 1. The highest BCUT2D eigenvalue weighted by atomic mass is 19.1.